The number of nitriles is 1. The van der Waals surface area contributed by atoms with Gasteiger partial charge in [-0.15, -0.1) is 0 Å². The molecule has 19 heavy (non-hydrogen) atoms. The maximum absolute atomic E-state index is 11.7. The van der Waals surface area contributed by atoms with Crippen LogP contribution in [0.5, 0.6) is 0 Å². The fourth-order valence-corrected chi connectivity index (χ4v) is 1.60. The van der Waals surface area contributed by atoms with Gasteiger partial charge < -0.3 is 14.9 Å². The maximum atomic E-state index is 11.7. The van der Waals surface area contributed by atoms with Gasteiger partial charge in [-0.2, -0.15) is 5.26 Å². The fourth-order valence-electron chi connectivity index (χ4n) is 1.60. The molecule has 0 radical (unpaired) electrons. The van der Waals surface area contributed by atoms with E-state index in [2.05, 4.69) is 4.74 Å². The van der Waals surface area contributed by atoms with Gasteiger partial charge in [0.05, 0.1) is 19.6 Å². The van der Waals surface area contributed by atoms with Crippen LogP contribution in [-0.2, 0) is 9.53 Å². The summed E-state index contributed by atoms with van der Waals surface area (Å²) in [6, 6.07) is 7.64. The van der Waals surface area contributed by atoms with E-state index < -0.39 is 24.0 Å². The van der Waals surface area contributed by atoms with E-state index in [1.807, 2.05) is 0 Å². The van der Waals surface area contributed by atoms with E-state index in [0.29, 0.717) is 0 Å². The number of aliphatic hydroxyl groups excluding tert-OH is 2. The van der Waals surface area contributed by atoms with E-state index in [1.165, 1.54) is 12.1 Å². The first kappa shape index (κ1) is 14.8. The molecule has 1 rings (SSSR count). The average Bonchev–Trinajstić information content (AvgIpc) is 2.45. The molecule has 1 aromatic carbocycles. The van der Waals surface area contributed by atoms with Crippen LogP contribution in [0.4, 0.5) is 0 Å². The fraction of sp³-hybridized carbons (Fsp3) is 0.308. The molecule has 2 atom stereocenters. The number of rotatable bonds is 5. The van der Waals surface area contributed by atoms with Crippen LogP contribution in [0.25, 0.3) is 0 Å². The van der Waals surface area contributed by atoms with Crippen molar-refractivity contribution in [3.05, 3.63) is 35.4 Å². The van der Waals surface area contributed by atoms with Crippen LogP contribution in [-0.4, -0.2) is 35.2 Å². The number of nitrogens with zero attached hydrogens (tertiary/aromatic N) is 1. The minimum Gasteiger partial charge on any atom is -0.467 e. The van der Waals surface area contributed by atoms with E-state index in [9.17, 15) is 19.8 Å². The number of ketones is 1. The summed E-state index contributed by atoms with van der Waals surface area (Å²) >= 11 is 0. The van der Waals surface area contributed by atoms with Crippen LogP contribution in [0.2, 0.25) is 0 Å². The summed E-state index contributed by atoms with van der Waals surface area (Å²) in [5, 5.41) is 28.0. The number of carbonyl (C=O) groups excluding carboxylic acids is 2. The molecule has 0 saturated heterocycles. The zero-order chi connectivity index (χ0) is 14.4. The van der Waals surface area contributed by atoms with Crippen molar-refractivity contribution in [3.8, 4) is 6.07 Å². The Kier molecular flexibility index (Phi) is 5.18. The molecule has 0 fully saturated rings. The molecule has 0 amide bonds. The summed E-state index contributed by atoms with van der Waals surface area (Å²) in [6.07, 6.45) is -3.73. The van der Waals surface area contributed by atoms with Crippen molar-refractivity contribution in [1.29, 1.82) is 5.26 Å². The van der Waals surface area contributed by atoms with Gasteiger partial charge in [0.2, 0.25) is 0 Å². The number of aliphatic hydroxyl groups is 2. The molecule has 0 aromatic heterocycles. The van der Waals surface area contributed by atoms with Crippen LogP contribution in [0.15, 0.2) is 24.3 Å². The van der Waals surface area contributed by atoms with Gasteiger partial charge in [0, 0.05) is 5.56 Å². The Balaban J connectivity index is 3.10. The summed E-state index contributed by atoms with van der Waals surface area (Å²) in [7, 11) is 1.07. The van der Waals surface area contributed by atoms with Crippen molar-refractivity contribution < 1.29 is 24.5 Å². The van der Waals surface area contributed by atoms with Gasteiger partial charge >= 0.3 is 5.97 Å². The lowest BCUT2D eigenvalue weighted by atomic mass is 9.95. The van der Waals surface area contributed by atoms with Crippen LogP contribution < -0.4 is 0 Å². The number of esters is 1. The Morgan fingerprint density at radius 1 is 1.37 bits per heavy atom. The normalized spacial score (nSPS) is 13.2. The Morgan fingerprint density at radius 3 is 2.58 bits per heavy atom. The maximum Gasteiger partial charge on any atom is 0.337 e. The highest BCUT2D eigenvalue weighted by molar-refractivity contribution is 5.99. The highest BCUT2D eigenvalue weighted by Crippen LogP contribution is 2.23. The lowest BCUT2D eigenvalue weighted by Crippen LogP contribution is -2.30. The molecule has 0 aliphatic carbocycles. The SMILES string of the molecule is COC(=O)C(O)C(O)c1ccccc1C(=O)CC#N. The summed E-state index contributed by atoms with van der Waals surface area (Å²) < 4.78 is 4.32. The Morgan fingerprint density at radius 2 is 2.00 bits per heavy atom. The van der Waals surface area contributed by atoms with Crippen molar-refractivity contribution in [1.82, 2.24) is 0 Å². The molecule has 0 aliphatic heterocycles. The summed E-state index contributed by atoms with van der Waals surface area (Å²) in [4.78, 5) is 22.9. The lowest BCUT2D eigenvalue weighted by Gasteiger charge is -2.18. The van der Waals surface area contributed by atoms with Crippen molar-refractivity contribution in [2.75, 3.05) is 7.11 Å². The summed E-state index contributed by atoms with van der Waals surface area (Å²) in [6.45, 7) is 0. The smallest absolute Gasteiger partial charge is 0.337 e. The van der Waals surface area contributed by atoms with E-state index in [1.54, 1.807) is 18.2 Å². The second-order valence-corrected chi connectivity index (χ2v) is 3.76. The first-order valence-electron chi connectivity index (χ1n) is 5.46. The van der Waals surface area contributed by atoms with Crippen molar-refractivity contribution in [3.63, 3.8) is 0 Å². The zero-order valence-electron chi connectivity index (χ0n) is 10.2. The second kappa shape index (κ2) is 6.64. The number of methoxy groups -OCH3 is 1. The minimum absolute atomic E-state index is 0.0839. The molecule has 0 spiro atoms. The molecule has 1 aromatic rings. The third kappa shape index (κ3) is 3.37. The Bertz CT molecular complexity index is 520. The van der Waals surface area contributed by atoms with Gasteiger partial charge in [-0.3, -0.25) is 4.79 Å². The van der Waals surface area contributed by atoms with Crippen LogP contribution in [0.3, 0.4) is 0 Å². The van der Waals surface area contributed by atoms with Crippen LogP contribution in [0.1, 0.15) is 28.4 Å². The predicted molar refractivity (Wildman–Crippen MR) is 64.0 cm³/mol. The van der Waals surface area contributed by atoms with Gasteiger partial charge in [0.15, 0.2) is 11.9 Å². The third-order valence-electron chi connectivity index (χ3n) is 2.56. The van der Waals surface area contributed by atoms with Gasteiger partial charge in [0.1, 0.15) is 6.10 Å². The standard InChI is InChI=1S/C13H13NO5/c1-19-13(18)12(17)11(16)9-5-3-2-4-8(9)10(15)6-7-14/h2-5,11-12,16-17H,6H2,1H3. The van der Waals surface area contributed by atoms with Crippen molar-refractivity contribution >= 4 is 11.8 Å². The predicted octanol–water partition coefficient (Wildman–Crippen LogP) is 0.350. The first-order valence-corrected chi connectivity index (χ1v) is 5.46. The zero-order valence-corrected chi connectivity index (χ0v) is 10.2. The van der Waals surface area contributed by atoms with E-state index in [0.717, 1.165) is 7.11 Å². The summed E-state index contributed by atoms with van der Waals surface area (Å²) in [5.74, 6) is -1.50. The third-order valence-corrected chi connectivity index (χ3v) is 2.56. The topological polar surface area (TPSA) is 108 Å². The van der Waals surface area contributed by atoms with E-state index >= 15 is 0 Å². The number of hydrogen-bond acceptors (Lipinski definition) is 6. The Labute approximate surface area is 109 Å². The molecule has 0 bridgehead atoms. The van der Waals surface area contributed by atoms with Crippen molar-refractivity contribution in [2.45, 2.75) is 18.6 Å². The van der Waals surface area contributed by atoms with E-state index in [4.69, 9.17) is 5.26 Å². The molecular formula is C13H13NO5. The summed E-state index contributed by atoms with van der Waals surface area (Å²) in [5.41, 5.74) is 0.181. The second-order valence-electron chi connectivity index (χ2n) is 3.76. The largest absolute Gasteiger partial charge is 0.467 e. The molecule has 2 N–H and O–H groups in total. The number of hydrogen-bond donors (Lipinski definition) is 2. The Hall–Kier alpha value is -2.23. The van der Waals surface area contributed by atoms with Crippen LogP contribution in [0, 0.1) is 11.3 Å². The molecular weight excluding hydrogens is 250 g/mol. The highest BCUT2D eigenvalue weighted by atomic mass is 16.5. The van der Waals surface area contributed by atoms with E-state index in [-0.39, 0.29) is 17.5 Å². The van der Waals surface area contributed by atoms with Crippen molar-refractivity contribution in [2.24, 2.45) is 0 Å². The molecule has 6 nitrogen and oxygen atoms in total. The molecule has 2 unspecified atom stereocenters. The minimum atomic E-state index is -1.79. The van der Waals surface area contributed by atoms with Gasteiger partial charge in [0.25, 0.3) is 0 Å². The molecule has 0 aliphatic rings. The number of benzene rings is 1. The molecule has 0 saturated carbocycles. The number of Topliss-reactive ketones (excluding diaryl/α,β-unsaturated/α-hetero) is 1. The molecule has 6 heteroatoms. The lowest BCUT2D eigenvalue weighted by molar-refractivity contribution is -0.156. The average molecular weight is 263 g/mol. The highest BCUT2D eigenvalue weighted by Gasteiger charge is 2.29. The van der Waals surface area contributed by atoms with Crippen LogP contribution >= 0.6 is 0 Å². The van der Waals surface area contributed by atoms with Gasteiger partial charge in [-0.1, -0.05) is 24.3 Å². The first-order chi connectivity index (χ1) is 9.02. The quantitative estimate of drug-likeness (QED) is 0.586. The number of ether oxygens (including phenoxy) is 1. The van der Waals surface area contributed by atoms with Gasteiger partial charge in [-0.05, 0) is 5.56 Å². The monoisotopic (exact) mass is 263 g/mol. The number of carbonyl (C=O) groups is 2. The van der Waals surface area contributed by atoms with Gasteiger partial charge in [-0.25, -0.2) is 4.79 Å². The molecule has 0 heterocycles. The molecule has 100 valence electrons.